The Morgan fingerprint density at radius 3 is 2.33 bits per heavy atom. The quantitative estimate of drug-likeness (QED) is 0.566. The van der Waals surface area contributed by atoms with Crippen LogP contribution in [0, 0.1) is 11.8 Å². The van der Waals surface area contributed by atoms with Gasteiger partial charge in [-0.25, -0.2) is 0 Å². The molecule has 0 radical (unpaired) electrons. The number of likely N-dealkylation sites (N-methyl/N-ethyl adjacent to an activating group) is 1. The second-order valence-electron chi connectivity index (χ2n) is 6.77. The molecule has 0 aromatic rings. The molecule has 6 nitrogen and oxygen atoms in total. The summed E-state index contributed by atoms with van der Waals surface area (Å²) in [6.07, 6.45) is 1.92. The number of nitrogens with zero attached hydrogens (tertiary/aromatic N) is 1. The number of hydrogen-bond donors (Lipinski definition) is 2. The van der Waals surface area contributed by atoms with Crippen molar-refractivity contribution in [2.45, 2.75) is 65.6 Å². The molecule has 0 aliphatic rings. The lowest BCUT2D eigenvalue weighted by Gasteiger charge is -2.28. The molecule has 2 amide bonds. The van der Waals surface area contributed by atoms with E-state index in [1.165, 1.54) is 12.0 Å². The SMILES string of the molecule is CCC(C)CCC(=O)NCC(O)CN(C)C(=O)C(OC)C(C)CC. The first-order chi connectivity index (χ1) is 11.3. The van der Waals surface area contributed by atoms with E-state index < -0.39 is 12.2 Å². The fourth-order valence-electron chi connectivity index (χ4n) is 2.38. The lowest BCUT2D eigenvalue weighted by molar-refractivity contribution is -0.144. The third-order valence-corrected chi connectivity index (χ3v) is 4.61. The Labute approximate surface area is 146 Å². The summed E-state index contributed by atoms with van der Waals surface area (Å²) in [4.78, 5) is 25.6. The zero-order valence-corrected chi connectivity index (χ0v) is 16.2. The number of carbonyl (C=O) groups is 2. The molecule has 0 heterocycles. The molecule has 0 aromatic heterocycles. The second-order valence-corrected chi connectivity index (χ2v) is 6.77. The summed E-state index contributed by atoms with van der Waals surface area (Å²) in [5.41, 5.74) is 0. The van der Waals surface area contributed by atoms with Crippen molar-refractivity contribution in [1.82, 2.24) is 10.2 Å². The van der Waals surface area contributed by atoms with E-state index in [1.54, 1.807) is 7.05 Å². The highest BCUT2D eigenvalue weighted by Crippen LogP contribution is 2.13. The van der Waals surface area contributed by atoms with Crippen LogP contribution in [0.25, 0.3) is 0 Å². The average Bonchev–Trinajstić information content (AvgIpc) is 2.57. The largest absolute Gasteiger partial charge is 0.389 e. The van der Waals surface area contributed by atoms with Crippen LogP contribution in [0.4, 0.5) is 0 Å². The molecule has 0 spiro atoms. The predicted octanol–water partition coefficient (Wildman–Crippen LogP) is 1.81. The number of carbonyl (C=O) groups excluding carboxylic acids is 2. The molecule has 0 bridgehead atoms. The van der Waals surface area contributed by atoms with E-state index in [0.29, 0.717) is 12.3 Å². The maximum Gasteiger partial charge on any atom is 0.251 e. The molecular formula is C18H36N2O4. The Morgan fingerprint density at radius 2 is 1.83 bits per heavy atom. The molecule has 142 valence electrons. The maximum absolute atomic E-state index is 12.4. The van der Waals surface area contributed by atoms with Crippen molar-refractivity contribution < 1.29 is 19.4 Å². The van der Waals surface area contributed by atoms with Gasteiger partial charge in [0.05, 0.1) is 6.10 Å². The number of amides is 2. The Hall–Kier alpha value is -1.14. The van der Waals surface area contributed by atoms with Crippen LogP contribution in [-0.4, -0.2) is 61.3 Å². The summed E-state index contributed by atoms with van der Waals surface area (Å²) in [5, 5.41) is 12.8. The lowest BCUT2D eigenvalue weighted by atomic mass is 10.0. The summed E-state index contributed by atoms with van der Waals surface area (Å²) in [6, 6.07) is 0. The number of aliphatic hydroxyl groups is 1. The van der Waals surface area contributed by atoms with Crippen LogP contribution < -0.4 is 5.32 Å². The van der Waals surface area contributed by atoms with E-state index in [2.05, 4.69) is 19.2 Å². The van der Waals surface area contributed by atoms with Crippen molar-refractivity contribution in [3.8, 4) is 0 Å². The number of nitrogens with one attached hydrogen (secondary N) is 1. The van der Waals surface area contributed by atoms with Gasteiger partial charge in [-0.1, -0.05) is 40.5 Å². The Morgan fingerprint density at radius 1 is 1.21 bits per heavy atom. The van der Waals surface area contributed by atoms with Gasteiger partial charge in [-0.15, -0.1) is 0 Å². The van der Waals surface area contributed by atoms with Gasteiger partial charge in [0, 0.05) is 33.7 Å². The molecule has 4 unspecified atom stereocenters. The van der Waals surface area contributed by atoms with E-state index >= 15 is 0 Å². The van der Waals surface area contributed by atoms with Crippen molar-refractivity contribution in [2.75, 3.05) is 27.2 Å². The van der Waals surface area contributed by atoms with Gasteiger partial charge in [0.2, 0.25) is 5.91 Å². The highest BCUT2D eigenvalue weighted by atomic mass is 16.5. The van der Waals surface area contributed by atoms with Gasteiger partial charge in [0.15, 0.2) is 0 Å². The van der Waals surface area contributed by atoms with Crippen molar-refractivity contribution in [3.63, 3.8) is 0 Å². The second kappa shape index (κ2) is 12.3. The highest BCUT2D eigenvalue weighted by molar-refractivity contribution is 5.81. The minimum Gasteiger partial charge on any atom is -0.389 e. The minimum absolute atomic E-state index is 0.0577. The Bertz CT molecular complexity index is 376. The maximum atomic E-state index is 12.4. The Kier molecular flexibility index (Phi) is 11.7. The van der Waals surface area contributed by atoms with Crippen molar-refractivity contribution in [3.05, 3.63) is 0 Å². The third-order valence-electron chi connectivity index (χ3n) is 4.61. The van der Waals surface area contributed by atoms with E-state index in [0.717, 1.165) is 19.3 Å². The number of hydrogen-bond acceptors (Lipinski definition) is 4. The van der Waals surface area contributed by atoms with Gasteiger partial charge in [-0.3, -0.25) is 9.59 Å². The fourth-order valence-corrected chi connectivity index (χ4v) is 2.38. The summed E-state index contributed by atoms with van der Waals surface area (Å²) < 4.78 is 5.29. The topological polar surface area (TPSA) is 78.9 Å². The van der Waals surface area contributed by atoms with Crippen LogP contribution in [0.15, 0.2) is 0 Å². The van der Waals surface area contributed by atoms with Gasteiger partial charge < -0.3 is 20.1 Å². The molecule has 6 heteroatoms. The standard InChI is InChI=1S/C18H36N2O4/c1-7-13(3)9-10-16(22)19-11-15(21)12-20(5)18(23)17(24-6)14(4)8-2/h13-15,17,21H,7-12H2,1-6H3,(H,19,22). The van der Waals surface area contributed by atoms with E-state index in [-0.39, 0.29) is 30.8 Å². The molecule has 0 rings (SSSR count). The van der Waals surface area contributed by atoms with Gasteiger partial charge in [0.25, 0.3) is 5.91 Å². The predicted molar refractivity (Wildman–Crippen MR) is 95.6 cm³/mol. The molecule has 24 heavy (non-hydrogen) atoms. The number of ether oxygens (including phenoxy) is 1. The van der Waals surface area contributed by atoms with Crippen LogP contribution in [-0.2, 0) is 14.3 Å². The summed E-state index contributed by atoms with van der Waals surface area (Å²) >= 11 is 0. The van der Waals surface area contributed by atoms with E-state index in [9.17, 15) is 14.7 Å². The van der Waals surface area contributed by atoms with Crippen molar-refractivity contribution >= 4 is 11.8 Å². The van der Waals surface area contributed by atoms with Crippen LogP contribution in [0.2, 0.25) is 0 Å². The molecule has 0 aliphatic heterocycles. The van der Waals surface area contributed by atoms with Gasteiger partial charge in [0.1, 0.15) is 6.10 Å². The zero-order chi connectivity index (χ0) is 18.7. The number of rotatable bonds is 12. The molecule has 0 fully saturated rings. The van der Waals surface area contributed by atoms with Crippen LogP contribution in [0.1, 0.15) is 53.4 Å². The molecule has 4 atom stereocenters. The van der Waals surface area contributed by atoms with E-state index in [1.807, 2.05) is 13.8 Å². The molecule has 0 aromatic carbocycles. The van der Waals surface area contributed by atoms with Gasteiger partial charge in [-0.2, -0.15) is 0 Å². The summed E-state index contributed by atoms with van der Waals surface area (Å²) in [5.74, 6) is 0.435. The highest BCUT2D eigenvalue weighted by Gasteiger charge is 2.27. The molecule has 0 saturated heterocycles. The third kappa shape index (κ3) is 8.64. The van der Waals surface area contributed by atoms with E-state index in [4.69, 9.17) is 4.74 Å². The van der Waals surface area contributed by atoms with Crippen LogP contribution >= 0.6 is 0 Å². The monoisotopic (exact) mass is 344 g/mol. The molecule has 2 N–H and O–H groups in total. The number of methoxy groups -OCH3 is 1. The first-order valence-electron chi connectivity index (χ1n) is 8.99. The zero-order valence-electron chi connectivity index (χ0n) is 16.2. The van der Waals surface area contributed by atoms with Crippen LogP contribution in [0.5, 0.6) is 0 Å². The average molecular weight is 344 g/mol. The molecule has 0 aliphatic carbocycles. The fraction of sp³-hybridized carbons (Fsp3) is 0.889. The Balaban J connectivity index is 4.23. The summed E-state index contributed by atoms with van der Waals surface area (Å²) in [6.45, 7) is 8.51. The van der Waals surface area contributed by atoms with Gasteiger partial charge in [-0.05, 0) is 18.3 Å². The smallest absolute Gasteiger partial charge is 0.251 e. The first kappa shape index (κ1) is 22.9. The molecular weight excluding hydrogens is 308 g/mol. The number of aliphatic hydroxyl groups excluding tert-OH is 1. The first-order valence-corrected chi connectivity index (χ1v) is 8.99. The lowest BCUT2D eigenvalue weighted by Crippen LogP contribution is -2.46. The van der Waals surface area contributed by atoms with Crippen molar-refractivity contribution in [1.29, 1.82) is 0 Å². The molecule has 0 saturated carbocycles. The summed E-state index contributed by atoms with van der Waals surface area (Å²) in [7, 11) is 3.17. The van der Waals surface area contributed by atoms with Crippen LogP contribution in [0.3, 0.4) is 0 Å². The van der Waals surface area contributed by atoms with Gasteiger partial charge >= 0.3 is 0 Å². The normalized spacial score (nSPS) is 16.1. The minimum atomic E-state index is -0.791. The van der Waals surface area contributed by atoms with Crippen molar-refractivity contribution in [2.24, 2.45) is 11.8 Å².